The zero-order valence-corrected chi connectivity index (χ0v) is 26.7. The van der Waals surface area contributed by atoms with Crippen molar-refractivity contribution in [1.82, 2.24) is 25.2 Å². The van der Waals surface area contributed by atoms with E-state index in [4.69, 9.17) is 14.8 Å². The van der Waals surface area contributed by atoms with Crippen LogP contribution in [0.25, 0.3) is 11.1 Å². The number of aliphatic hydroxyl groups excluding tert-OH is 2. The van der Waals surface area contributed by atoms with Gasteiger partial charge in [-0.3, -0.25) is 9.78 Å². The van der Waals surface area contributed by atoms with Crippen LogP contribution >= 0.6 is 11.8 Å². The lowest BCUT2D eigenvalue weighted by Gasteiger charge is -2.22. The molecule has 0 bridgehead atoms. The molecular formula is C34H45N5O4S. The number of nitrogens with zero attached hydrogens (tertiary/aromatic N) is 4. The molecule has 1 amide bonds. The monoisotopic (exact) mass is 619 g/mol. The normalized spacial score (nSPS) is 16.0. The van der Waals surface area contributed by atoms with Gasteiger partial charge in [-0.15, -0.1) is 0 Å². The number of para-hydroxylation sites is 1. The number of pyridine rings is 1. The van der Waals surface area contributed by atoms with E-state index < -0.39 is 6.10 Å². The average Bonchev–Trinajstić information content (AvgIpc) is 3.99. The topological polar surface area (TPSA) is 121 Å². The maximum Gasteiger partial charge on any atom is 0.222 e. The van der Waals surface area contributed by atoms with Crippen molar-refractivity contribution in [3.05, 3.63) is 65.7 Å². The van der Waals surface area contributed by atoms with E-state index in [-0.39, 0.29) is 18.1 Å². The Morgan fingerprint density at radius 1 is 1.16 bits per heavy atom. The molecule has 2 aromatic heterocycles. The van der Waals surface area contributed by atoms with E-state index in [0.717, 1.165) is 84.0 Å². The molecule has 2 aliphatic carbocycles. The fourth-order valence-electron chi connectivity index (χ4n) is 5.32. The van der Waals surface area contributed by atoms with Crippen LogP contribution in [0.5, 0.6) is 5.75 Å². The van der Waals surface area contributed by atoms with Gasteiger partial charge in [0.05, 0.1) is 24.5 Å². The first-order chi connectivity index (χ1) is 21.4. The van der Waals surface area contributed by atoms with Crippen molar-refractivity contribution >= 4 is 17.7 Å². The first-order valence-electron chi connectivity index (χ1n) is 15.8. The molecule has 44 heavy (non-hydrogen) atoms. The van der Waals surface area contributed by atoms with Gasteiger partial charge in [0.2, 0.25) is 5.91 Å². The van der Waals surface area contributed by atoms with Crippen molar-refractivity contribution < 1.29 is 19.7 Å². The van der Waals surface area contributed by atoms with Crippen LogP contribution in [0.4, 0.5) is 0 Å². The molecule has 1 aromatic carbocycles. The second-order valence-corrected chi connectivity index (χ2v) is 13.1. The molecule has 0 aliphatic heterocycles. The van der Waals surface area contributed by atoms with Gasteiger partial charge in [-0.2, -0.15) is 0 Å². The van der Waals surface area contributed by atoms with Gasteiger partial charge in [0.25, 0.3) is 0 Å². The Labute approximate surface area is 264 Å². The summed E-state index contributed by atoms with van der Waals surface area (Å²) in [5.41, 5.74) is 5.37. The first-order valence-corrected chi connectivity index (χ1v) is 16.8. The number of thioether (sulfide) groups is 1. The standard InChI is InChI=1S/C34H45N5O4S/c1-24-20-36-33(44-19-7-11-32(42)39(2)18-6-5-8-25(41)23-40)38-30(24)22-37-34(15-16-34)29-21-35-17-14-27(29)28-9-3-4-10-31(28)43-26-12-13-26/h3-4,9-10,14,17,20-21,25-26,37,40-41H,5-8,11-13,15-16,18-19,22-23H2,1-2H3. The Morgan fingerprint density at radius 3 is 2.75 bits per heavy atom. The molecule has 1 unspecified atom stereocenters. The number of carbonyl (C=O) groups excluding carboxylic acids is 1. The quantitative estimate of drug-likeness (QED) is 0.102. The van der Waals surface area contributed by atoms with E-state index in [1.165, 1.54) is 5.56 Å². The third kappa shape index (κ3) is 8.78. The summed E-state index contributed by atoms with van der Waals surface area (Å²) < 4.78 is 6.26. The van der Waals surface area contributed by atoms with Crippen molar-refractivity contribution in [2.45, 2.75) is 94.2 Å². The van der Waals surface area contributed by atoms with Gasteiger partial charge in [0, 0.05) is 62.0 Å². The van der Waals surface area contributed by atoms with Gasteiger partial charge in [-0.1, -0.05) is 30.0 Å². The van der Waals surface area contributed by atoms with Gasteiger partial charge < -0.3 is 25.2 Å². The Bertz CT molecular complexity index is 1400. The molecule has 2 heterocycles. The number of unbranched alkanes of at least 4 members (excludes halogenated alkanes) is 1. The summed E-state index contributed by atoms with van der Waals surface area (Å²) in [5.74, 6) is 1.83. The zero-order chi connectivity index (χ0) is 30.9. The van der Waals surface area contributed by atoms with Gasteiger partial charge in [0.1, 0.15) is 5.75 Å². The minimum Gasteiger partial charge on any atom is -0.490 e. The molecule has 10 heteroatoms. The van der Waals surface area contributed by atoms with Crippen LogP contribution in [-0.2, 0) is 16.9 Å². The highest BCUT2D eigenvalue weighted by molar-refractivity contribution is 7.99. The van der Waals surface area contributed by atoms with Crippen molar-refractivity contribution in [2.24, 2.45) is 0 Å². The van der Waals surface area contributed by atoms with E-state index in [9.17, 15) is 9.90 Å². The number of aromatic nitrogens is 3. The fourth-order valence-corrected chi connectivity index (χ4v) is 6.09. The molecule has 3 N–H and O–H groups in total. The highest BCUT2D eigenvalue weighted by Crippen LogP contribution is 2.50. The molecular weight excluding hydrogens is 574 g/mol. The molecule has 2 saturated carbocycles. The van der Waals surface area contributed by atoms with Crippen molar-refractivity contribution in [2.75, 3.05) is 26.0 Å². The van der Waals surface area contributed by atoms with Crippen molar-refractivity contribution in [3.8, 4) is 16.9 Å². The summed E-state index contributed by atoms with van der Waals surface area (Å²) in [6, 6.07) is 10.4. The molecule has 9 nitrogen and oxygen atoms in total. The summed E-state index contributed by atoms with van der Waals surface area (Å²) in [6.07, 6.45) is 13.1. The molecule has 3 aromatic rings. The van der Waals surface area contributed by atoms with Crippen LogP contribution in [0, 0.1) is 6.92 Å². The minimum atomic E-state index is -0.669. The summed E-state index contributed by atoms with van der Waals surface area (Å²) in [6.45, 7) is 3.12. The van der Waals surface area contributed by atoms with Gasteiger partial charge in [-0.25, -0.2) is 9.97 Å². The Kier molecular flexibility index (Phi) is 11.2. The SMILES string of the molecule is Cc1cnc(SCCCC(=O)N(C)CCCCC(O)CO)nc1CNC1(c2cnccc2-c2ccccc2OC2CC2)CC1. The number of amides is 1. The third-order valence-electron chi connectivity index (χ3n) is 8.41. The number of rotatable bonds is 18. The molecule has 1 atom stereocenters. The summed E-state index contributed by atoms with van der Waals surface area (Å²) in [4.78, 5) is 28.2. The van der Waals surface area contributed by atoms with Crippen LogP contribution in [0.1, 0.15) is 74.6 Å². The predicted molar refractivity (Wildman–Crippen MR) is 172 cm³/mol. The molecule has 5 rings (SSSR count). The smallest absolute Gasteiger partial charge is 0.222 e. The van der Waals surface area contributed by atoms with Crippen LogP contribution in [0.15, 0.2) is 54.1 Å². The second kappa shape index (κ2) is 15.3. The molecule has 0 spiro atoms. The second-order valence-electron chi connectivity index (χ2n) is 12.1. The van der Waals surface area contributed by atoms with E-state index in [1.54, 1.807) is 16.7 Å². The van der Waals surface area contributed by atoms with Gasteiger partial charge >= 0.3 is 0 Å². The van der Waals surface area contributed by atoms with Crippen LogP contribution < -0.4 is 10.1 Å². The lowest BCUT2D eigenvalue weighted by atomic mass is 9.94. The first kappa shape index (κ1) is 32.3. The summed E-state index contributed by atoms with van der Waals surface area (Å²) >= 11 is 1.58. The number of aliphatic hydroxyl groups is 2. The molecule has 2 fully saturated rings. The number of hydrogen-bond acceptors (Lipinski definition) is 9. The molecule has 236 valence electrons. The lowest BCUT2D eigenvalue weighted by Crippen LogP contribution is -2.30. The number of hydrogen-bond donors (Lipinski definition) is 3. The zero-order valence-electron chi connectivity index (χ0n) is 25.9. The predicted octanol–water partition coefficient (Wildman–Crippen LogP) is 5.02. The van der Waals surface area contributed by atoms with E-state index in [2.05, 4.69) is 39.6 Å². The number of nitrogens with one attached hydrogen (secondary N) is 1. The average molecular weight is 620 g/mol. The molecule has 2 aliphatic rings. The largest absolute Gasteiger partial charge is 0.490 e. The Balaban J connectivity index is 1.13. The maximum atomic E-state index is 12.5. The fraction of sp³-hybridized carbons (Fsp3) is 0.529. The number of ether oxygens (including phenoxy) is 1. The van der Waals surface area contributed by atoms with E-state index in [1.807, 2.05) is 38.6 Å². The van der Waals surface area contributed by atoms with Crippen LogP contribution in [-0.4, -0.2) is 74.1 Å². The minimum absolute atomic E-state index is 0.120. The Hall–Kier alpha value is -3.05. The van der Waals surface area contributed by atoms with Crippen molar-refractivity contribution in [1.29, 1.82) is 0 Å². The van der Waals surface area contributed by atoms with E-state index in [0.29, 0.717) is 32.0 Å². The lowest BCUT2D eigenvalue weighted by molar-refractivity contribution is -0.129. The highest BCUT2D eigenvalue weighted by atomic mass is 32.2. The maximum absolute atomic E-state index is 12.5. The number of carbonyl (C=O) groups is 1. The Morgan fingerprint density at radius 2 is 1.98 bits per heavy atom. The molecule has 0 saturated heterocycles. The summed E-state index contributed by atoms with van der Waals surface area (Å²) in [7, 11) is 1.82. The summed E-state index contributed by atoms with van der Waals surface area (Å²) in [5, 5.41) is 22.9. The van der Waals surface area contributed by atoms with E-state index >= 15 is 0 Å². The third-order valence-corrected chi connectivity index (χ3v) is 9.36. The highest BCUT2D eigenvalue weighted by Gasteiger charge is 2.46. The number of aryl methyl sites for hydroxylation is 1. The number of benzene rings is 1. The van der Waals surface area contributed by atoms with Crippen LogP contribution in [0.3, 0.4) is 0 Å². The van der Waals surface area contributed by atoms with Crippen LogP contribution in [0.2, 0.25) is 0 Å². The van der Waals surface area contributed by atoms with Crippen molar-refractivity contribution in [3.63, 3.8) is 0 Å². The molecule has 0 radical (unpaired) electrons. The van der Waals surface area contributed by atoms with Gasteiger partial charge in [0.15, 0.2) is 5.16 Å². The van der Waals surface area contributed by atoms with Gasteiger partial charge in [-0.05, 0) is 87.1 Å².